The Labute approximate surface area is 122 Å². The molecule has 1 atom stereocenters. The number of benzene rings is 1. The van der Waals surface area contributed by atoms with Crippen molar-refractivity contribution in [1.29, 1.82) is 0 Å². The molecule has 0 fully saturated rings. The molecule has 0 aliphatic rings. The predicted molar refractivity (Wildman–Crippen MR) is 81.0 cm³/mol. The Balaban J connectivity index is 2.37. The van der Waals surface area contributed by atoms with Crippen molar-refractivity contribution in [1.82, 2.24) is 9.97 Å². The van der Waals surface area contributed by atoms with Gasteiger partial charge in [0.25, 0.3) is 0 Å². The number of nitrogens with one attached hydrogen (secondary N) is 1. The van der Waals surface area contributed by atoms with E-state index in [4.69, 9.17) is 17.3 Å². The van der Waals surface area contributed by atoms with Crippen LogP contribution in [-0.4, -0.2) is 27.7 Å². The molecular weight excluding hydrogens is 276 g/mol. The number of rotatable bonds is 4. The molecule has 0 aliphatic heterocycles. The van der Waals surface area contributed by atoms with Crippen LogP contribution < -0.4 is 11.1 Å². The maximum absolute atomic E-state index is 9.89. The third-order valence-electron chi connectivity index (χ3n) is 2.76. The summed E-state index contributed by atoms with van der Waals surface area (Å²) in [5.41, 5.74) is 7.13. The summed E-state index contributed by atoms with van der Waals surface area (Å²) >= 11 is 5.94. The van der Waals surface area contributed by atoms with E-state index in [-0.39, 0.29) is 11.8 Å². The zero-order valence-electron chi connectivity index (χ0n) is 11.4. The standard InChI is InChI=1S/C14H17ClN4O/c1-8-6-17-14(19-13(8)18-7-9(2)16)11-5-10(15)3-4-12(11)20/h3-6,9,20H,7,16H2,1-2H3,(H,17,18,19). The number of aromatic nitrogens is 2. The number of anilines is 1. The van der Waals surface area contributed by atoms with E-state index in [9.17, 15) is 5.11 Å². The molecule has 106 valence electrons. The second kappa shape index (κ2) is 6.07. The minimum absolute atomic E-state index is 0.0207. The number of aromatic hydroxyl groups is 1. The quantitative estimate of drug-likeness (QED) is 0.806. The van der Waals surface area contributed by atoms with Crippen LogP contribution in [-0.2, 0) is 0 Å². The lowest BCUT2D eigenvalue weighted by Crippen LogP contribution is -2.25. The van der Waals surface area contributed by atoms with Crippen LogP contribution in [0.5, 0.6) is 5.75 Å². The van der Waals surface area contributed by atoms with Gasteiger partial charge in [0.1, 0.15) is 11.6 Å². The van der Waals surface area contributed by atoms with Crippen molar-refractivity contribution in [2.75, 3.05) is 11.9 Å². The molecule has 1 heterocycles. The van der Waals surface area contributed by atoms with Crippen LogP contribution in [0.4, 0.5) is 5.82 Å². The highest BCUT2D eigenvalue weighted by Gasteiger charge is 2.11. The van der Waals surface area contributed by atoms with Gasteiger partial charge in [-0.25, -0.2) is 9.97 Å². The second-order valence-electron chi connectivity index (χ2n) is 4.74. The van der Waals surface area contributed by atoms with E-state index in [1.807, 2.05) is 13.8 Å². The first kappa shape index (κ1) is 14.6. The summed E-state index contributed by atoms with van der Waals surface area (Å²) in [6.07, 6.45) is 1.70. The van der Waals surface area contributed by atoms with Gasteiger partial charge in [-0.1, -0.05) is 11.6 Å². The van der Waals surface area contributed by atoms with Crippen molar-refractivity contribution in [3.8, 4) is 17.1 Å². The lowest BCUT2D eigenvalue weighted by molar-refractivity contribution is 0.477. The Bertz CT molecular complexity index is 616. The maximum Gasteiger partial charge on any atom is 0.165 e. The van der Waals surface area contributed by atoms with Crippen LogP contribution in [0.2, 0.25) is 5.02 Å². The zero-order chi connectivity index (χ0) is 14.7. The molecule has 1 aromatic heterocycles. The van der Waals surface area contributed by atoms with Crippen molar-refractivity contribution in [2.45, 2.75) is 19.9 Å². The van der Waals surface area contributed by atoms with Crippen LogP contribution in [0.25, 0.3) is 11.4 Å². The summed E-state index contributed by atoms with van der Waals surface area (Å²) in [6.45, 7) is 4.43. The first-order chi connectivity index (χ1) is 9.47. The molecule has 20 heavy (non-hydrogen) atoms. The van der Waals surface area contributed by atoms with Crippen LogP contribution >= 0.6 is 11.6 Å². The maximum atomic E-state index is 9.89. The molecule has 0 saturated heterocycles. The van der Waals surface area contributed by atoms with Gasteiger partial charge >= 0.3 is 0 Å². The number of hydrogen-bond donors (Lipinski definition) is 3. The van der Waals surface area contributed by atoms with Gasteiger partial charge in [0.2, 0.25) is 0 Å². The third kappa shape index (κ3) is 3.37. The van der Waals surface area contributed by atoms with Crippen LogP contribution in [0.15, 0.2) is 24.4 Å². The molecule has 1 aromatic carbocycles. The summed E-state index contributed by atoms with van der Waals surface area (Å²) in [4.78, 5) is 8.66. The fourth-order valence-electron chi connectivity index (χ4n) is 1.70. The van der Waals surface area contributed by atoms with Gasteiger partial charge in [-0.05, 0) is 32.0 Å². The molecule has 0 saturated carbocycles. The van der Waals surface area contributed by atoms with Crippen molar-refractivity contribution >= 4 is 17.4 Å². The summed E-state index contributed by atoms with van der Waals surface area (Å²) in [7, 11) is 0. The second-order valence-corrected chi connectivity index (χ2v) is 5.18. The highest BCUT2D eigenvalue weighted by Crippen LogP contribution is 2.30. The van der Waals surface area contributed by atoms with E-state index < -0.39 is 0 Å². The number of aryl methyl sites for hydroxylation is 1. The molecule has 0 aliphatic carbocycles. The van der Waals surface area contributed by atoms with Gasteiger partial charge in [0.05, 0.1) is 5.56 Å². The van der Waals surface area contributed by atoms with E-state index in [0.717, 1.165) is 5.56 Å². The van der Waals surface area contributed by atoms with Gasteiger partial charge in [-0.15, -0.1) is 0 Å². The van der Waals surface area contributed by atoms with E-state index in [1.54, 1.807) is 18.3 Å². The van der Waals surface area contributed by atoms with Crippen molar-refractivity contribution < 1.29 is 5.11 Å². The largest absolute Gasteiger partial charge is 0.507 e. The Kier molecular flexibility index (Phi) is 4.42. The number of nitrogens with zero attached hydrogens (tertiary/aromatic N) is 2. The lowest BCUT2D eigenvalue weighted by atomic mass is 10.2. The summed E-state index contributed by atoms with van der Waals surface area (Å²) in [6, 6.07) is 4.80. The summed E-state index contributed by atoms with van der Waals surface area (Å²) in [5.74, 6) is 1.21. The molecule has 5 nitrogen and oxygen atoms in total. The SMILES string of the molecule is Cc1cnc(-c2cc(Cl)ccc2O)nc1NCC(C)N. The number of halogens is 1. The fraction of sp³-hybridized carbons (Fsp3) is 0.286. The molecule has 6 heteroatoms. The molecular formula is C14H17ClN4O. The Morgan fingerprint density at radius 2 is 2.20 bits per heavy atom. The third-order valence-corrected chi connectivity index (χ3v) is 3.00. The highest BCUT2D eigenvalue weighted by atomic mass is 35.5. The normalized spacial score (nSPS) is 12.2. The Hall–Kier alpha value is -1.85. The molecule has 0 radical (unpaired) electrons. The highest BCUT2D eigenvalue weighted by molar-refractivity contribution is 6.30. The first-order valence-electron chi connectivity index (χ1n) is 6.29. The van der Waals surface area contributed by atoms with Gasteiger partial charge in [0, 0.05) is 29.4 Å². The van der Waals surface area contributed by atoms with Gasteiger partial charge < -0.3 is 16.2 Å². The molecule has 0 spiro atoms. The zero-order valence-corrected chi connectivity index (χ0v) is 12.1. The number of hydrogen-bond acceptors (Lipinski definition) is 5. The summed E-state index contributed by atoms with van der Waals surface area (Å²) < 4.78 is 0. The monoisotopic (exact) mass is 292 g/mol. The van der Waals surface area contributed by atoms with Gasteiger partial charge in [-0.2, -0.15) is 0 Å². The smallest absolute Gasteiger partial charge is 0.165 e. The van der Waals surface area contributed by atoms with E-state index in [1.165, 1.54) is 6.07 Å². The average molecular weight is 293 g/mol. The van der Waals surface area contributed by atoms with Crippen LogP contribution in [0.3, 0.4) is 0 Å². The minimum Gasteiger partial charge on any atom is -0.507 e. The first-order valence-corrected chi connectivity index (χ1v) is 6.67. The van der Waals surface area contributed by atoms with Crippen LogP contribution in [0.1, 0.15) is 12.5 Å². The van der Waals surface area contributed by atoms with E-state index >= 15 is 0 Å². The van der Waals surface area contributed by atoms with Crippen molar-refractivity contribution in [2.24, 2.45) is 5.73 Å². The average Bonchev–Trinajstić information content (AvgIpc) is 2.40. The van der Waals surface area contributed by atoms with Gasteiger partial charge in [0.15, 0.2) is 5.82 Å². The molecule has 1 unspecified atom stereocenters. The Morgan fingerprint density at radius 1 is 1.45 bits per heavy atom. The molecule has 2 rings (SSSR count). The minimum atomic E-state index is 0.0207. The molecule has 2 aromatic rings. The van der Waals surface area contributed by atoms with E-state index in [2.05, 4.69) is 15.3 Å². The van der Waals surface area contributed by atoms with E-state index in [0.29, 0.717) is 28.8 Å². The van der Waals surface area contributed by atoms with Crippen LogP contribution in [0, 0.1) is 6.92 Å². The summed E-state index contributed by atoms with van der Waals surface area (Å²) in [5, 5.41) is 13.6. The molecule has 0 bridgehead atoms. The topological polar surface area (TPSA) is 84.1 Å². The number of nitrogens with two attached hydrogens (primary N) is 1. The predicted octanol–water partition coefficient (Wildman–Crippen LogP) is 2.57. The molecule has 4 N–H and O–H groups in total. The lowest BCUT2D eigenvalue weighted by Gasteiger charge is -2.12. The fourth-order valence-corrected chi connectivity index (χ4v) is 1.87. The van der Waals surface area contributed by atoms with Gasteiger partial charge in [-0.3, -0.25) is 0 Å². The molecule has 0 amide bonds. The number of phenolic OH excluding ortho intramolecular Hbond substituents is 1. The van der Waals surface area contributed by atoms with Crippen molar-refractivity contribution in [3.63, 3.8) is 0 Å². The number of phenols is 1. The Morgan fingerprint density at radius 3 is 2.90 bits per heavy atom. The van der Waals surface area contributed by atoms with Crippen molar-refractivity contribution in [3.05, 3.63) is 35.0 Å².